The molecule has 5 rings (SSSR count). The molecule has 4 bridgehead atoms. The van der Waals surface area contributed by atoms with Crippen LogP contribution in [0.15, 0.2) is 36.9 Å². The molecule has 4 heterocycles. The molecule has 2 aliphatic rings. The monoisotopic (exact) mass is 867 g/mol. The van der Waals surface area contributed by atoms with E-state index in [9.17, 15) is 4.79 Å². The zero-order valence-corrected chi connectivity index (χ0v) is 41.7. The average Bonchev–Trinajstić information content (AvgIpc) is 3.72. The standard InChI is InChI=1S/C42H69N5O7Si4/c1-24(2)55(25(3)4)57(28(9)10,29(11)12)53-50-21-34-38(52-54-58(30(13)14,31(15)16)56(26(5)6)27(7)8)35-37(48)32-19-17-18-20-33(32)41(49)46-39-36-40(44-22-43-39)47(23-45-36)42(35)51-34/h17-20,22-31,34-35,38,42H,21H2,1-16H3,(H,43,44,46,49)/t34-,35-,38-,42-/m1/s1. The average molecular weight is 868 g/mol. The van der Waals surface area contributed by atoms with E-state index in [0.717, 1.165) is 0 Å². The number of carbonyl (C=O) groups excluding carboxylic acids is 2. The molecule has 0 unspecified atom stereocenters. The normalized spacial score (nSPS) is 20.7. The van der Waals surface area contributed by atoms with Crippen molar-refractivity contribution in [2.45, 2.75) is 174 Å². The topological polar surface area (TPSA) is 136 Å². The van der Waals surface area contributed by atoms with Gasteiger partial charge in [0, 0.05) is 5.56 Å². The molecule has 1 fully saturated rings. The van der Waals surface area contributed by atoms with Crippen LogP contribution in [0.25, 0.3) is 11.2 Å². The van der Waals surface area contributed by atoms with Gasteiger partial charge in [-0.2, -0.15) is 0 Å². The van der Waals surface area contributed by atoms with Crippen LogP contribution in [-0.4, -0.2) is 82.3 Å². The maximum absolute atomic E-state index is 15.3. The molecule has 4 atom stereocenters. The second kappa shape index (κ2) is 18.7. The molecule has 0 saturated carbocycles. The SMILES string of the molecule is CC(C)[Si](C(C)C)[Si](OOC[C@H]1O[C@@H]2[C@H](C(=O)c3ccccc3C(=O)Nc3ncnc4c3ncn42)[C@@H]1OO[Si](C(C)C)(C(C)C)[Si](C(C)C)C(C)C)(C(C)C)C(C)C. The first-order valence-corrected chi connectivity index (χ1v) is 30.8. The molecule has 1 saturated heterocycles. The lowest BCUT2D eigenvalue weighted by atomic mass is 9.88. The summed E-state index contributed by atoms with van der Waals surface area (Å²) in [5.41, 5.74) is 4.21. The van der Waals surface area contributed by atoms with Gasteiger partial charge >= 0.3 is 0 Å². The van der Waals surface area contributed by atoms with E-state index in [4.69, 9.17) is 23.7 Å². The van der Waals surface area contributed by atoms with Gasteiger partial charge in [0.2, 0.25) is 15.7 Å². The number of hydrogen-bond acceptors (Lipinski definition) is 10. The highest BCUT2D eigenvalue weighted by atomic mass is 29.2. The number of Topliss-reactive ketones (excluding diaryl/α,β-unsaturated/α-hetero) is 1. The first kappa shape index (κ1) is 46.6. The molecule has 1 amide bonds. The molecule has 58 heavy (non-hydrogen) atoms. The predicted octanol–water partition coefficient (Wildman–Crippen LogP) is 10.4. The highest BCUT2D eigenvalue weighted by Crippen LogP contribution is 2.48. The third-order valence-corrected chi connectivity index (χ3v) is 46.7. The van der Waals surface area contributed by atoms with Gasteiger partial charge in [-0.05, 0) is 28.2 Å². The van der Waals surface area contributed by atoms with Crippen LogP contribution in [0.5, 0.6) is 0 Å². The smallest absolute Gasteiger partial charge is 0.257 e. The Kier molecular flexibility index (Phi) is 15.0. The van der Waals surface area contributed by atoms with E-state index in [0.29, 0.717) is 44.4 Å². The summed E-state index contributed by atoms with van der Waals surface area (Å²) >= 11 is 0. The fourth-order valence-corrected chi connectivity index (χ4v) is 43.3. The predicted molar refractivity (Wildman–Crippen MR) is 238 cm³/mol. The number of amides is 1. The molecule has 2 aliphatic heterocycles. The number of hydrogen-bond donors (Lipinski definition) is 1. The number of imidazole rings is 1. The van der Waals surface area contributed by atoms with Gasteiger partial charge in [0.05, 0.1) is 34.4 Å². The summed E-state index contributed by atoms with van der Waals surface area (Å²) in [6, 6.07) is 6.86. The molecule has 2 radical (unpaired) electrons. The van der Waals surface area contributed by atoms with Crippen molar-refractivity contribution in [3.05, 3.63) is 48.0 Å². The summed E-state index contributed by atoms with van der Waals surface area (Å²) in [6.07, 6.45) is 0.328. The minimum absolute atomic E-state index is 0.00686. The van der Waals surface area contributed by atoms with Crippen LogP contribution in [0.1, 0.15) is 138 Å². The highest BCUT2D eigenvalue weighted by Gasteiger charge is 2.58. The van der Waals surface area contributed by atoms with Crippen molar-refractivity contribution in [2.75, 3.05) is 11.9 Å². The number of fused-ring (bicyclic) bond motifs is 3. The molecule has 1 aromatic carbocycles. The van der Waals surface area contributed by atoms with Crippen LogP contribution in [0.2, 0.25) is 44.3 Å². The van der Waals surface area contributed by atoms with Crippen molar-refractivity contribution in [3.63, 3.8) is 0 Å². The van der Waals surface area contributed by atoms with Crippen LogP contribution in [0, 0.1) is 5.92 Å². The summed E-state index contributed by atoms with van der Waals surface area (Å²) in [5.74, 6) is -1.51. The van der Waals surface area contributed by atoms with Crippen LogP contribution in [-0.2, 0) is 23.7 Å². The first-order valence-electron chi connectivity index (χ1n) is 21.4. The minimum Gasteiger partial charge on any atom is -0.348 e. The zero-order valence-electron chi connectivity index (χ0n) is 37.7. The van der Waals surface area contributed by atoms with Crippen LogP contribution in [0.4, 0.5) is 5.82 Å². The van der Waals surface area contributed by atoms with Gasteiger partial charge in [-0.3, -0.25) is 23.3 Å². The first-order chi connectivity index (χ1) is 27.2. The summed E-state index contributed by atoms with van der Waals surface area (Å²) in [5, 5.41) is 2.88. The van der Waals surface area contributed by atoms with Crippen molar-refractivity contribution < 1.29 is 33.3 Å². The minimum atomic E-state index is -2.68. The number of carbonyl (C=O) groups is 2. The Morgan fingerprint density at radius 3 is 1.76 bits per heavy atom. The van der Waals surface area contributed by atoms with E-state index in [2.05, 4.69) is 131 Å². The van der Waals surface area contributed by atoms with Crippen molar-refractivity contribution in [3.8, 4) is 0 Å². The van der Waals surface area contributed by atoms with Crippen molar-refractivity contribution in [1.82, 2.24) is 19.5 Å². The van der Waals surface area contributed by atoms with Gasteiger partial charge in [0.15, 0.2) is 22.8 Å². The summed E-state index contributed by atoms with van der Waals surface area (Å²) in [4.78, 5) is 56.3. The Labute approximate surface area is 351 Å². The van der Waals surface area contributed by atoms with Gasteiger partial charge in [-0.15, -0.1) is 0 Å². The molecular weight excluding hydrogens is 799 g/mol. The Hall–Kier alpha value is -2.42. The molecule has 12 nitrogen and oxygen atoms in total. The van der Waals surface area contributed by atoms with E-state index < -0.39 is 62.6 Å². The summed E-state index contributed by atoms with van der Waals surface area (Å²) < 4.78 is 22.9. The molecule has 1 N–H and O–H groups in total. The lowest BCUT2D eigenvalue weighted by Crippen LogP contribution is -2.62. The molecule has 2 aromatic heterocycles. The van der Waals surface area contributed by atoms with E-state index in [1.54, 1.807) is 35.2 Å². The van der Waals surface area contributed by atoms with Crippen LogP contribution in [0.3, 0.4) is 0 Å². The zero-order chi connectivity index (χ0) is 43.0. The van der Waals surface area contributed by atoms with Crippen molar-refractivity contribution in [2.24, 2.45) is 5.92 Å². The molecule has 0 aliphatic carbocycles. The van der Waals surface area contributed by atoms with Crippen LogP contribution >= 0.6 is 0 Å². The largest absolute Gasteiger partial charge is 0.348 e. The van der Waals surface area contributed by atoms with Gasteiger partial charge in [0.1, 0.15) is 31.4 Å². The number of benzene rings is 1. The summed E-state index contributed by atoms with van der Waals surface area (Å²) in [6.45, 7) is 36.7. The Bertz CT molecular complexity index is 1850. The van der Waals surface area contributed by atoms with Crippen LogP contribution < -0.4 is 5.32 Å². The van der Waals surface area contributed by atoms with E-state index in [1.807, 2.05) is 0 Å². The van der Waals surface area contributed by atoms with E-state index >= 15 is 4.79 Å². The van der Waals surface area contributed by atoms with Gasteiger partial charge in [-0.25, -0.2) is 24.7 Å². The number of nitrogens with zero attached hydrogens (tertiary/aromatic N) is 4. The fraction of sp³-hybridized carbons (Fsp3) is 0.690. The lowest BCUT2D eigenvalue weighted by molar-refractivity contribution is -0.291. The fourth-order valence-electron chi connectivity index (χ4n) is 10.5. The Morgan fingerprint density at radius 1 is 0.724 bits per heavy atom. The second-order valence-corrected chi connectivity index (χ2v) is 41.5. The van der Waals surface area contributed by atoms with Gasteiger partial charge < -0.3 is 10.1 Å². The number of anilines is 1. The number of ether oxygens (including phenoxy) is 1. The number of ketones is 1. The molecule has 16 heteroatoms. The third-order valence-electron chi connectivity index (χ3n) is 12.5. The van der Waals surface area contributed by atoms with Crippen molar-refractivity contribution >= 4 is 61.0 Å². The number of nitrogens with one attached hydrogen (secondary N) is 1. The molecule has 3 aromatic rings. The highest BCUT2D eigenvalue weighted by molar-refractivity contribution is 7.32. The number of aromatic nitrogens is 4. The van der Waals surface area contributed by atoms with Gasteiger partial charge in [-0.1, -0.05) is 151 Å². The third kappa shape index (κ3) is 8.43. The van der Waals surface area contributed by atoms with E-state index in [1.165, 1.54) is 6.33 Å². The maximum atomic E-state index is 15.3. The lowest BCUT2D eigenvalue weighted by Gasteiger charge is -2.46. The Balaban J connectivity index is 1.68. The molecule has 0 spiro atoms. The number of rotatable bonds is 17. The maximum Gasteiger partial charge on any atom is 0.257 e. The second-order valence-electron chi connectivity index (χ2n) is 18.7. The van der Waals surface area contributed by atoms with Gasteiger partial charge in [0.25, 0.3) is 5.91 Å². The molecular formula is C42H69N5O7Si4. The summed E-state index contributed by atoms with van der Waals surface area (Å²) in [7, 11) is -7.32. The Morgan fingerprint density at radius 2 is 1.24 bits per heavy atom. The van der Waals surface area contributed by atoms with Crippen molar-refractivity contribution in [1.29, 1.82) is 0 Å². The van der Waals surface area contributed by atoms with E-state index in [-0.39, 0.29) is 40.4 Å². The quantitative estimate of drug-likeness (QED) is 0.0793. The molecule has 320 valence electrons.